The molecule has 2 heterocycles. The molecule has 3 rings (SSSR count). The normalized spacial score (nSPS) is 10.5. The lowest BCUT2D eigenvalue weighted by molar-refractivity contribution is 0.0947. The second-order valence-corrected chi connectivity index (χ2v) is 6.31. The number of hydrogen-bond acceptors (Lipinski definition) is 5. The van der Waals surface area contributed by atoms with Crippen molar-refractivity contribution in [2.24, 2.45) is 0 Å². The molecule has 0 aliphatic rings. The zero-order valence-corrected chi connectivity index (χ0v) is 15.2. The Bertz CT molecular complexity index is 867. The SMILES string of the molecule is O=C(NCc1ccco1)c1cnc(NCCc2ccc(Cl)cc2Cl)nc1. The third kappa shape index (κ3) is 4.97. The Morgan fingerprint density at radius 2 is 1.96 bits per heavy atom. The Kier molecular flexibility index (Phi) is 6.09. The van der Waals surface area contributed by atoms with Gasteiger partial charge in [-0.05, 0) is 36.2 Å². The zero-order chi connectivity index (χ0) is 18.4. The number of benzene rings is 1. The predicted octanol–water partition coefficient (Wildman–Crippen LogP) is 3.96. The van der Waals surface area contributed by atoms with Crippen LogP contribution in [0.5, 0.6) is 0 Å². The molecule has 0 atom stereocenters. The van der Waals surface area contributed by atoms with Gasteiger partial charge in [0.25, 0.3) is 5.91 Å². The summed E-state index contributed by atoms with van der Waals surface area (Å²) in [5, 5.41) is 7.07. The van der Waals surface area contributed by atoms with Crippen molar-refractivity contribution in [1.82, 2.24) is 15.3 Å². The number of aromatic nitrogens is 2. The molecule has 0 aliphatic heterocycles. The van der Waals surface area contributed by atoms with Crippen LogP contribution in [0.1, 0.15) is 21.7 Å². The summed E-state index contributed by atoms with van der Waals surface area (Å²) in [5.74, 6) is 0.858. The molecule has 2 N–H and O–H groups in total. The Morgan fingerprint density at radius 1 is 1.15 bits per heavy atom. The summed E-state index contributed by atoms with van der Waals surface area (Å²) in [5.41, 5.74) is 1.36. The van der Waals surface area contributed by atoms with Crippen molar-refractivity contribution in [3.05, 3.63) is 75.9 Å². The first kappa shape index (κ1) is 18.2. The third-order valence-corrected chi connectivity index (χ3v) is 4.20. The van der Waals surface area contributed by atoms with E-state index in [0.717, 1.165) is 5.56 Å². The van der Waals surface area contributed by atoms with Crippen LogP contribution in [0.3, 0.4) is 0 Å². The van der Waals surface area contributed by atoms with E-state index in [1.54, 1.807) is 30.5 Å². The van der Waals surface area contributed by atoms with E-state index in [2.05, 4.69) is 20.6 Å². The van der Waals surface area contributed by atoms with Crippen LogP contribution in [0.15, 0.2) is 53.4 Å². The molecule has 0 spiro atoms. The molecule has 1 aromatic carbocycles. The molecule has 0 radical (unpaired) electrons. The molecule has 2 aromatic heterocycles. The molecule has 0 saturated carbocycles. The molecule has 0 bridgehead atoms. The fourth-order valence-electron chi connectivity index (χ4n) is 2.25. The summed E-state index contributed by atoms with van der Waals surface area (Å²) in [6, 6.07) is 8.96. The van der Waals surface area contributed by atoms with Gasteiger partial charge in [-0.2, -0.15) is 0 Å². The first-order valence-corrected chi connectivity index (χ1v) is 8.68. The smallest absolute Gasteiger partial charge is 0.254 e. The van der Waals surface area contributed by atoms with E-state index in [4.69, 9.17) is 27.6 Å². The fourth-order valence-corrected chi connectivity index (χ4v) is 2.76. The maximum Gasteiger partial charge on any atom is 0.254 e. The minimum atomic E-state index is -0.263. The van der Waals surface area contributed by atoms with E-state index in [1.165, 1.54) is 12.4 Å². The van der Waals surface area contributed by atoms with Crippen LogP contribution in [0, 0.1) is 0 Å². The number of carbonyl (C=O) groups excluding carboxylic acids is 1. The summed E-state index contributed by atoms with van der Waals surface area (Å²) in [4.78, 5) is 20.3. The average molecular weight is 391 g/mol. The molecule has 6 nitrogen and oxygen atoms in total. The summed E-state index contributed by atoms with van der Waals surface area (Å²) in [7, 11) is 0. The molecule has 0 aliphatic carbocycles. The van der Waals surface area contributed by atoms with Gasteiger partial charge in [0.2, 0.25) is 5.95 Å². The largest absolute Gasteiger partial charge is 0.467 e. The van der Waals surface area contributed by atoms with Crippen molar-refractivity contribution >= 4 is 35.1 Å². The first-order valence-electron chi connectivity index (χ1n) is 7.92. The van der Waals surface area contributed by atoms with Crippen LogP contribution >= 0.6 is 23.2 Å². The van der Waals surface area contributed by atoms with Crippen molar-refractivity contribution < 1.29 is 9.21 Å². The highest BCUT2D eigenvalue weighted by Gasteiger charge is 2.08. The standard InChI is InChI=1S/C18H16Cl2N4O2/c19-14-4-3-12(16(20)8-14)5-6-21-18-23-9-13(10-24-18)17(25)22-11-15-2-1-7-26-15/h1-4,7-10H,5-6,11H2,(H,22,25)(H,21,23,24). The van der Waals surface area contributed by atoms with E-state index in [0.29, 0.717) is 46.8 Å². The maximum atomic E-state index is 12.0. The molecule has 8 heteroatoms. The minimum Gasteiger partial charge on any atom is -0.467 e. The lowest BCUT2D eigenvalue weighted by Crippen LogP contribution is -2.23. The molecule has 134 valence electrons. The second-order valence-electron chi connectivity index (χ2n) is 5.47. The van der Waals surface area contributed by atoms with Gasteiger partial charge in [0.05, 0.1) is 18.4 Å². The van der Waals surface area contributed by atoms with Crippen molar-refractivity contribution in [3.8, 4) is 0 Å². The van der Waals surface area contributed by atoms with E-state index in [-0.39, 0.29) is 5.91 Å². The highest BCUT2D eigenvalue weighted by atomic mass is 35.5. The van der Waals surface area contributed by atoms with Gasteiger partial charge in [-0.25, -0.2) is 9.97 Å². The first-order chi connectivity index (χ1) is 12.6. The molecule has 0 unspecified atom stereocenters. The summed E-state index contributed by atoms with van der Waals surface area (Å²) in [6.07, 6.45) is 5.21. The minimum absolute atomic E-state index is 0.263. The van der Waals surface area contributed by atoms with Gasteiger partial charge in [0.15, 0.2) is 0 Å². The van der Waals surface area contributed by atoms with Crippen LogP contribution in [0.4, 0.5) is 5.95 Å². The number of anilines is 1. The monoisotopic (exact) mass is 390 g/mol. The number of carbonyl (C=O) groups is 1. The molecule has 0 fully saturated rings. The summed E-state index contributed by atoms with van der Waals surface area (Å²) < 4.78 is 5.16. The molecule has 1 amide bonds. The number of halogens is 2. The van der Waals surface area contributed by atoms with Gasteiger partial charge in [0.1, 0.15) is 5.76 Å². The lowest BCUT2D eigenvalue weighted by Gasteiger charge is -2.07. The quantitative estimate of drug-likeness (QED) is 0.637. The Balaban J connectivity index is 1.48. The van der Waals surface area contributed by atoms with Crippen LogP contribution in [-0.2, 0) is 13.0 Å². The van der Waals surface area contributed by atoms with Crippen LogP contribution in [0.25, 0.3) is 0 Å². The highest BCUT2D eigenvalue weighted by molar-refractivity contribution is 6.35. The number of nitrogens with one attached hydrogen (secondary N) is 2. The van der Waals surface area contributed by atoms with Crippen molar-refractivity contribution in [3.63, 3.8) is 0 Å². The Morgan fingerprint density at radius 3 is 2.65 bits per heavy atom. The molecule has 0 saturated heterocycles. The predicted molar refractivity (Wildman–Crippen MR) is 101 cm³/mol. The van der Waals surface area contributed by atoms with Crippen molar-refractivity contribution in [2.45, 2.75) is 13.0 Å². The van der Waals surface area contributed by atoms with E-state index >= 15 is 0 Å². The fraction of sp³-hybridized carbons (Fsp3) is 0.167. The Hall–Kier alpha value is -2.57. The summed E-state index contributed by atoms with van der Waals surface area (Å²) in [6.45, 7) is 0.916. The number of nitrogens with zero attached hydrogens (tertiary/aromatic N) is 2. The van der Waals surface area contributed by atoms with Crippen LogP contribution in [-0.4, -0.2) is 22.4 Å². The lowest BCUT2D eigenvalue weighted by atomic mass is 10.1. The highest BCUT2D eigenvalue weighted by Crippen LogP contribution is 2.21. The van der Waals surface area contributed by atoms with E-state index < -0.39 is 0 Å². The molecule has 26 heavy (non-hydrogen) atoms. The molecular weight excluding hydrogens is 375 g/mol. The second kappa shape index (κ2) is 8.69. The van der Waals surface area contributed by atoms with Gasteiger partial charge in [-0.3, -0.25) is 4.79 Å². The van der Waals surface area contributed by atoms with E-state index in [1.807, 2.05) is 6.07 Å². The zero-order valence-electron chi connectivity index (χ0n) is 13.7. The topological polar surface area (TPSA) is 80.0 Å². The maximum absolute atomic E-state index is 12.0. The van der Waals surface area contributed by atoms with Gasteiger partial charge in [0, 0.05) is 29.0 Å². The van der Waals surface area contributed by atoms with Crippen molar-refractivity contribution in [1.29, 1.82) is 0 Å². The Labute approximate surface area is 160 Å². The van der Waals surface area contributed by atoms with Gasteiger partial charge in [-0.15, -0.1) is 0 Å². The van der Waals surface area contributed by atoms with Crippen LogP contribution < -0.4 is 10.6 Å². The van der Waals surface area contributed by atoms with E-state index in [9.17, 15) is 4.79 Å². The summed E-state index contributed by atoms with van der Waals surface area (Å²) >= 11 is 12.0. The van der Waals surface area contributed by atoms with Gasteiger partial charge < -0.3 is 15.1 Å². The number of rotatable bonds is 7. The number of furan rings is 1. The van der Waals surface area contributed by atoms with Gasteiger partial charge >= 0.3 is 0 Å². The third-order valence-electron chi connectivity index (χ3n) is 3.61. The van der Waals surface area contributed by atoms with Crippen molar-refractivity contribution in [2.75, 3.05) is 11.9 Å². The molecule has 3 aromatic rings. The number of hydrogen-bond donors (Lipinski definition) is 2. The molecular formula is C18H16Cl2N4O2. The van der Waals surface area contributed by atoms with Gasteiger partial charge in [-0.1, -0.05) is 29.3 Å². The average Bonchev–Trinajstić information content (AvgIpc) is 3.16. The number of amides is 1. The van der Waals surface area contributed by atoms with Crippen LogP contribution in [0.2, 0.25) is 10.0 Å².